The van der Waals surface area contributed by atoms with Gasteiger partial charge in [-0.25, -0.2) is 4.98 Å². The number of aromatic nitrogens is 1. The largest absolute Gasteiger partial charge is 0.481 e. The molecular formula is C36H36BrClN2O2. The van der Waals surface area contributed by atoms with Crippen molar-refractivity contribution in [2.24, 2.45) is 0 Å². The molecule has 4 aromatic carbocycles. The van der Waals surface area contributed by atoms with E-state index >= 15 is 0 Å². The molecule has 1 heterocycles. The Hall–Kier alpha value is -3.22. The van der Waals surface area contributed by atoms with Crippen LogP contribution in [0.15, 0.2) is 108 Å². The van der Waals surface area contributed by atoms with E-state index in [4.69, 9.17) is 21.3 Å². The molecule has 0 aliphatic rings. The Balaban J connectivity index is 1.72. The van der Waals surface area contributed by atoms with Gasteiger partial charge in [0.25, 0.3) is 0 Å². The number of nitrogens with zero attached hydrogens (tertiary/aromatic N) is 2. The molecule has 0 spiro atoms. The number of pyridine rings is 1. The Morgan fingerprint density at radius 2 is 1.64 bits per heavy atom. The summed E-state index contributed by atoms with van der Waals surface area (Å²) >= 11 is 9.81. The van der Waals surface area contributed by atoms with Gasteiger partial charge in [-0.15, -0.1) is 0 Å². The fourth-order valence-corrected chi connectivity index (χ4v) is 6.27. The lowest BCUT2D eigenvalue weighted by Crippen LogP contribution is -2.35. The minimum Gasteiger partial charge on any atom is -0.481 e. The van der Waals surface area contributed by atoms with Gasteiger partial charge in [0, 0.05) is 26.4 Å². The van der Waals surface area contributed by atoms with Gasteiger partial charge in [0.1, 0.15) is 5.60 Å². The molecule has 0 bridgehead atoms. The summed E-state index contributed by atoms with van der Waals surface area (Å²) < 4.78 is 6.90. The first-order chi connectivity index (χ1) is 20.3. The van der Waals surface area contributed by atoms with Gasteiger partial charge in [-0.1, -0.05) is 88.2 Å². The first-order valence-electron chi connectivity index (χ1n) is 14.2. The second-order valence-electron chi connectivity index (χ2n) is 11.0. The number of hydrogen-bond acceptors (Lipinski definition) is 4. The van der Waals surface area contributed by atoms with Gasteiger partial charge in [-0.05, 0) is 105 Å². The Labute approximate surface area is 262 Å². The van der Waals surface area contributed by atoms with Crippen molar-refractivity contribution in [2.75, 3.05) is 27.7 Å². The monoisotopic (exact) mass is 642 g/mol. The summed E-state index contributed by atoms with van der Waals surface area (Å²) in [6, 6.07) is 34.4. The molecule has 0 aliphatic heterocycles. The highest BCUT2D eigenvalue weighted by molar-refractivity contribution is 9.10. The van der Waals surface area contributed by atoms with Crippen molar-refractivity contribution < 1.29 is 9.84 Å². The second kappa shape index (κ2) is 13.4. The summed E-state index contributed by atoms with van der Waals surface area (Å²) in [6.07, 6.45) is 2.37. The first-order valence-corrected chi connectivity index (χ1v) is 15.4. The molecule has 1 N–H and O–H groups in total. The van der Waals surface area contributed by atoms with E-state index in [1.165, 1.54) is 0 Å². The molecular weight excluding hydrogens is 608 g/mol. The van der Waals surface area contributed by atoms with E-state index < -0.39 is 11.5 Å². The van der Waals surface area contributed by atoms with E-state index in [-0.39, 0.29) is 0 Å². The molecule has 0 saturated heterocycles. The molecule has 0 amide bonds. The number of methoxy groups -OCH3 is 1. The van der Waals surface area contributed by atoms with Crippen LogP contribution in [0, 0.1) is 0 Å². The smallest absolute Gasteiger partial charge is 0.217 e. The third-order valence-electron chi connectivity index (χ3n) is 7.84. The van der Waals surface area contributed by atoms with E-state index in [1.807, 2.05) is 66.7 Å². The van der Waals surface area contributed by atoms with Crippen LogP contribution in [0.2, 0.25) is 5.02 Å². The average Bonchev–Trinajstić information content (AvgIpc) is 3.00. The maximum Gasteiger partial charge on any atom is 0.217 e. The summed E-state index contributed by atoms with van der Waals surface area (Å²) in [6.45, 7) is 0.950. The summed E-state index contributed by atoms with van der Waals surface area (Å²) in [5.74, 6) is 0.0728. The number of hydrogen-bond donors (Lipinski definition) is 1. The molecule has 5 aromatic rings. The topological polar surface area (TPSA) is 45.6 Å². The highest BCUT2D eigenvalue weighted by Crippen LogP contribution is 2.48. The van der Waals surface area contributed by atoms with E-state index in [9.17, 15) is 5.11 Å². The van der Waals surface area contributed by atoms with Crippen LogP contribution in [0.25, 0.3) is 22.0 Å². The van der Waals surface area contributed by atoms with Crippen LogP contribution in [-0.2, 0) is 5.60 Å². The Morgan fingerprint density at radius 3 is 2.36 bits per heavy atom. The van der Waals surface area contributed by atoms with Crippen molar-refractivity contribution in [1.29, 1.82) is 0 Å². The predicted molar refractivity (Wildman–Crippen MR) is 177 cm³/mol. The van der Waals surface area contributed by atoms with Crippen molar-refractivity contribution in [3.05, 3.63) is 129 Å². The van der Waals surface area contributed by atoms with Crippen LogP contribution in [-0.4, -0.2) is 42.7 Å². The van der Waals surface area contributed by atoms with Gasteiger partial charge in [-0.3, -0.25) is 0 Å². The Bertz CT molecular complexity index is 1640. The molecule has 2 unspecified atom stereocenters. The van der Waals surface area contributed by atoms with E-state index in [0.717, 1.165) is 62.6 Å². The van der Waals surface area contributed by atoms with Crippen LogP contribution >= 0.6 is 27.5 Å². The van der Waals surface area contributed by atoms with E-state index in [1.54, 1.807) is 7.11 Å². The predicted octanol–water partition coefficient (Wildman–Crippen LogP) is 9.08. The fraction of sp³-hybridized carbons (Fsp3) is 0.250. The Kier molecular flexibility index (Phi) is 9.64. The Morgan fingerprint density at radius 1 is 0.881 bits per heavy atom. The van der Waals surface area contributed by atoms with Crippen molar-refractivity contribution in [3.8, 4) is 17.0 Å². The SMILES string of the molecule is COc1nc2ccc(Br)cc2cc1C(c1ccccc1)C(O)(CCCCN(C)C)c1cccc(-c2ccc(Cl)cc2)c1. The first kappa shape index (κ1) is 30.2. The number of aliphatic hydroxyl groups is 1. The van der Waals surface area contributed by atoms with Crippen LogP contribution in [0.3, 0.4) is 0 Å². The second-order valence-corrected chi connectivity index (χ2v) is 12.4. The lowest BCUT2D eigenvalue weighted by molar-refractivity contribution is 0.00682. The minimum absolute atomic E-state index is 0.440. The zero-order valence-corrected chi connectivity index (χ0v) is 26.6. The summed E-state index contributed by atoms with van der Waals surface area (Å²) in [7, 11) is 5.81. The summed E-state index contributed by atoms with van der Waals surface area (Å²) in [5.41, 5.74) is 4.35. The van der Waals surface area contributed by atoms with Crippen LogP contribution in [0.4, 0.5) is 0 Å². The zero-order chi connectivity index (χ0) is 29.7. The molecule has 4 nitrogen and oxygen atoms in total. The molecule has 2 atom stereocenters. The van der Waals surface area contributed by atoms with E-state index in [2.05, 4.69) is 71.3 Å². The van der Waals surface area contributed by atoms with Gasteiger partial charge < -0.3 is 14.7 Å². The molecule has 6 heteroatoms. The van der Waals surface area contributed by atoms with Crippen LogP contribution in [0.1, 0.15) is 41.9 Å². The molecule has 5 rings (SSSR count). The van der Waals surface area contributed by atoms with Crippen LogP contribution in [0.5, 0.6) is 5.88 Å². The third-order valence-corrected chi connectivity index (χ3v) is 8.58. The number of fused-ring (bicyclic) bond motifs is 1. The maximum atomic E-state index is 13.1. The quantitative estimate of drug-likeness (QED) is 0.146. The third kappa shape index (κ3) is 6.71. The maximum absolute atomic E-state index is 13.1. The van der Waals surface area contributed by atoms with Crippen LogP contribution < -0.4 is 4.74 Å². The van der Waals surface area contributed by atoms with Gasteiger partial charge in [0.15, 0.2) is 0 Å². The molecule has 0 fully saturated rings. The summed E-state index contributed by atoms with van der Waals surface area (Å²) in [5, 5.41) is 14.8. The lowest BCUT2D eigenvalue weighted by atomic mass is 9.70. The van der Waals surface area contributed by atoms with Crippen molar-refractivity contribution >= 4 is 38.4 Å². The van der Waals surface area contributed by atoms with Gasteiger partial charge >= 0.3 is 0 Å². The lowest BCUT2D eigenvalue weighted by Gasteiger charge is -2.38. The number of benzene rings is 4. The number of unbranched alkanes of at least 4 members (excludes halogenated alkanes) is 1. The molecule has 0 saturated carbocycles. The van der Waals surface area contributed by atoms with Gasteiger partial charge in [0.05, 0.1) is 12.6 Å². The average molecular weight is 644 g/mol. The molecule has 1 aromatic heterocycles. The molecule has 0 aliphatic carbocycles. The highest BCUT2D eigenvalue weighted by atomic mass is 79.9. The highest BCUT2D eigenvalue weighted by Gasteiger charge is 2.42. The van der Waals surface area contributed by atoms with Gasteiger partial charge in [0.2, 0.25) is 5.88 Å². The summed E-state index contributed by atoms with van der Waals surface area (Å²) in [4.78, 5) is 7.09. The normalized spacial score (nSPS) is 13.7. The molecule has 42 heavy (non-hydrogen) atoms. The number of rotatable bonds is 11. The van der Waals surface area contributed by atoms with Crippen molar-refractivity contribution in [3.63, 3.8) is 0 Å². The zero-order valence-electron chi connectivity index (χ0n) is 24.2. The van der Waals surface area contributed by atoms with Gasteiger partial charge in [-0.2, -0.15) is 0 Å². The minimum atomic E-state index is -1.26. The number of halogens is 2. The fourth-order valence-electron chi connectivity index (χ4n) is 5.76. The van der Waals surface area contributed by atoms with Crippen molar-refractivity contribution in [2.45, 2.75) is 30.8 Å². The number of ether oxygens (including phenoxy) is 1. The van der Waals surface area contributed by atoms with E-state index in [0.29, 0.717) is 17.3 Å². The van der Waals surface area contributed by atoms with Crippen molar-refractivity contribution in [1.82, 2.24) is 9.88 Å². The molecule has 0 radical (unpaired) electrons. The standard InChI is InChI=1S/C36H36BrClN2O2/c1-40(2)21-8-7-20-36(41,29-13-9-12-27(22-29)25-14-17-31(38)18-15-25)34(26-10-5-4-6-11-26)32-24-28-23-30(37)16-19-33(28)39-35(32)42-3/h4-6,9-19,22-24,34,41H,7-8,20-21H2,1-3H3. The molecule has 216 valence electrons.